The lowest BCUT2D eigenvalue weighted by Gasteiger charge is -2.33. The van der Waals surface area contributed by atoms with Crippen molar-refractivity contribution in [3.63, 3.8) is 0 Å². The van der Waals surface area contributed by atoms with Crippen LogP contribution in [0.4, 0.5) is 0 Å². The van der Waals surface area contributed by atoms with E-state index in [0.29, 0.717) is 50.9 Å². The molecule has 3 heterocycles. The normalized spacial score (nSPS) is 25.8. The minimum Gasteiger partial charge on any atom is -0.481 e. The van der Waals surface area contributed by atoms with Crippen LogP contribution in [0.15, 0.2) is 18.2 Å². The minimum absolute atomic E-state index is 0.0343. The molecule has 0 amide bonds. The first kappa shape index (κ1) is 18.4. The second kappa shape index (κ2) is 7.45. The minimum atomic E-state index is -3.29. The Bertz CT molecular complexity index is 683. The Hall–Kier alpha value is -1.42. The number of methoxy groups -OCH3 is 1. The molecule has 0 saturated carbocycles. The lowest BCUT2D eigenvalue weighted by Crippen LogP contribution is -2.51. The zero-order valence-corrected chi connectivity index (χ0v) is 15.5. The number of nitrogens with zero attached hydrogens (tertiary/aromatic N) is 2. The van der Waals surface area contributed by atoms with Crippen molar-refractivity contribution in [1.29, 1.82) is 0 Å². The molecule has 1 atom stereocenters. The summed E-state index contributed by atoms with van der Waals surface area (Å²) in [5.74, 6) is 1.12. The number of rotatable bonds is 6. The van der Waals surface area contributed by atoms with Crippen LogP contribution in [0.5, 0.6) is 11.8 Å². The molecule has 0 aromatic carbocycles. The van der Waals surface area contributed by atoms with E-state index in [1.165, 1.54) is 0 Å². The van der Waals surface area contributed by atoms with Crippen LogP contribution in [0.25, 0.3) is 0 Å². The number of pyridine rings is 1. The number of hydrogen-bond acceptors (Lipinski definition) is 7. The van der Waals surface area contributed by atoms with Gasteiger partial charge in [-0.25, -0.2) is 12.7 Å². The van der Waals surface area contributed by atoms with Crippen LogP contribution in [0.2, 0.25) is 0 Å². The molecule has 0 spiro atoms. The number of sulfonamides is 1. The number of nitrogens with one attached hydrogen (secondary N) is 2. The van der Waals surface area contributed by atoms with Crippen LogP contribution in [-0.4, -0.2) is 68.5 Å². The molecule has 0 aliphatic carbocycles. The summed E-state index contributed by atoms with van der Waals surface area (Å²) in [5, 5.41) is 6.37. The van der Waals surface area contributed by atoms with Gasteiger partial charge in [-0.2, -0.15) is 4.98 Å². The Labute approximate surface area is 149 Å². The molecule has 0 unspecified atom stereocenters. The third kappa shape index (κ3) is 4.60. The van der Waals surface area contributed by atoms with Crippen molar-refractivity contribution in [3.8, 4) is 11.8 Å². The molecular formula is C16H26N4O4S. The summed E-state index contributed by atoms with van der Waals surface area (Å²) in [6, 6.07) is 5.36. The molecule has 25 heavy (non-hydrogen) atoms. The molecule has 2 aliphatic heterocycles. The molecule has 8 nitrogen and oxygen atoms in total. The lowest BCUT2D eigenvalue weighted by molar-refractivity contribution is 0.128. The van der Waals surface area contributed by atoms with Crippen molar-refractivity contribution in [2.45, 2.75) is 31.4 Å². The van der Waals surface area contributed by atoms with Crippen molar-refractivity contribution in [1.82, 2.24) is 19.9 Å². The molecule has 140 valence electrons. The maximum atomic E-state index is 12.7. The molecule has 1 aromatic rings. The van der Waals surface area contributed by atoms with Gasteiger partial charge in [0.2, 0.25) is 21.8 Å². The van der Waals surface area contributed by atoms with E-state index in [1.54, 1.807) is 23.5 Å². The highest BCUT2D eigenvalue weighted by Crippen LogP contribution is 2.22. The molecule has 2 aliphatic rings. The quantitative estimate of drug-likeness (QED) is 0.737. The topological polar surface area (TPSA) is 92.8 Å². The van der Waals surface area contributed by atoms with E-state index in [4.69, 9.17) is 9.47 Å². The van der Waals surface area contributed by atoms with E-state index in [1.807, 2.05) is 13.0 Å². The predicted octanol–water partition coefficient (Wildman–Crippen LogP) is 0.172. The first-order chi connectivity index (χ1) is 11.9. The Morgan fingerprint density at radius 2 is 2.04 bits per heavy atom. The van der Waals surface area contributed by atoms with Crippen molar-refractivity contribution < 1.29 is 17.9 Å². The van der Waals surface area contributed by atoms with E-state index < -0.39 is 15.6 Å². The molecular weight excluding hydrogens is 344 g/mol. The van der Waals surface area contributed by atoms with Gasteiger partial charge in [-0.1, -0.05) is 6.07 Å². The average molecular weight is 370 g/mol. The SMILES string of the molecule is COc1cccc(OC2CCN(S(=O)(=O)C[C@]3(C)CNCN3)CC2)n1. The molecule has 3 rings (SSSR count). The van der Waals surface area contributed by atoms with Crippen molar-refractivity contribution in [2.24, 2.45) is 0 Å². The Balaban J connectivity index is 1.54. The summed E-state index contributed by atoms with van der Waals surface area (Å²) in [7, 11) is -1.73. The molecule has 2 N–H and O–H groups in total. The van der Waals surface area contributed by atoms with Crippen molar-refractivity contribution in [3.05, 3.63) is 18.2 Å². The fraction of sp³-hybridized carbons (Fsp3) is 0.688. The fourth-order valence-electron chi connectivity index (χ4n) is 3.25. The Kier molecular flexibility index (Phi) is 5.47. The zero-order chi connectivity index (χ0) is 17.9. The molecule has 2 fully saturated rings. The summed E-state index contributed by atoms with van der Waals surface area (Å²) in [4.78, 5) is 4.24. The van der Waals surface area contributed by atoms with Gasteiger partial charge >= 0.3 is 0 Å². The van der Waals surface area contributed by atoms with Gasteiger partial charge in [-0.3, -0.25) is 5.32 Å². The van der Waals surface area contributed by atoms with Gasteiger partial charge in [-0.05, 0) is 19.8 Å². The van der Waals surface area contributed by atoms with Crippen molar-refractivity contribution >= 4 is 10.0 Å². The third-order valence-electron chi connectivity index (χ3n) is 4.65. The van der Waals surface area contributed by atoms with Crippen LogP contribution in [0.3, 0.4) is 0 Å². The molecule has 2 saturated heterocycles. The van der Waals surface area contributed by atoms with Gasteiger partial charge in [0.15, 0.2) is 0 Å². The maximum Gasteiger partial charge on any atom is 0.216 e. The van der Waals surface area contributed by atoms with Gasteiger partial charge in [0, 0.05) is 44.0 Å². The second-order valence-corrected chi connectivity index (χ2v) is 8.80. The van der Waals surface area contributed by atoms with Gasteiger partial charge in [0.05, 0.1) is 12.9 Å². The van der Waals surface area contributed by atoms with E-state index >= 15 is 0 Å². The summed E-state index contributed by atoms with van der Waals surface area (Å²) in [6.07, 6.45) is 1.27. The molecule has 0 radical (unpaired) electrons. The number of ether oxygens (including phenoxy) is 2. The highest BCUT2D eigenvalue weighted by Gasteiger charge is 2.37. The molecule has 0 bridgehead atoms. The van der Waals surface area contributed by atoms with Crippen LogP contribution in [-0.2, 0) is 10.0 Å². The smallest absolute Gasteiger partial charge is 0.216 e. The van der Waals surface area contributed by atoms with Crippen LogP contribution >= 0.6 is 0 Å². The van der Waals surface area contributed by atoms with E-state index in [0.717, 1.165) is 0 Å². The summed E-state index contributed by atoms with van der Waals surface area (Å²) in [5.41, 5.74) is -0.406. The van der Waals surface area contributed by atoms with E-state index in [9.17, 15) is 8.42 Å². The standard InChI is InChI=1S/C16H26N4O4S/c1-16(10-17-12-18-16)11-25(21,22)20-8-6-13(7-9-20)24-15-5-3-4-14(19-15)23-2/h3-5,13,17-18H,6-12H2,1-2H3/t16-/m0/s1. The zero-order valence-electron chi connectivity index (χ0n) is 14.7. The van der Waals surface area contributed by atoms with Gasteiger partial charge in [-0.15, -0.1) is 0 Å². The summed E-state index contributed by atoms with van der Waals surface area (Å²) < 4.78 is 37.9. The first-order valence-electron chi connectivity index (χ1n) is 8.51. The van der Waals surface area contributed by atoms with Gasteiger partial charge in [0.1, 0.15) is 6.10 Å². The fourth-order valence-corrected chi connectivity index (χ4v) is 5.21. The summed E-state index contributed by atoms with van der Waals surface area (Å²) >= 11 is 0. The lowest BCUT2D eigenvalue weighted by atomic mass is 10.1. The van der Waals surface area contributed by atoms with E-state index in [2.05, 4.69) is 15.6 Å². The summed E-state index contributed by atoms with van der Waals surface area (Å²) in [6.45, 7) is 4.19. The van der Waals surface area contributed by atoms with Crippen LogP contribution in [0.1, 0.15) is 19.8 Å². The maximum absolute atomic E-state index is 12.7. The monoisotopic (exact) mass is 370 g/mol. The van der Waals surface area contributed by atoms with Crippen molar-refractivity contribution in [2.75, 3.05) is 39.2 Å². The van der Waals surface area contributed by atoms with Crippen LogP contribution in [0, 0.1) is 0 Å². The van der Waals surface area contributed by atoms with E-state index in [-0.39, 0.29) is 11.9 Å². The van der Waals surface area contributed by atoms with Crippen LogP contribution < -0.4 is 20.1 Å². The third-order valence-corrected chi connectivity index (χ3v) is 6.80. The molecule has 1 aromatic heterocycles. The first-order valence-corrected chi connectivity index (χ1v) is 10.1. The number of piperidine rings is 1. The number of aromatic nitrogens is 1. The predicted molar refractivity (Wildman–Crippen MR) is 94.2 cm³/mol. The highest BCUT2D eigenvalue weighted by atomic mass is 32.2. The number of hydrogen-bond donors (Lipinski definition) is 2. The molecule has 9 heteroatoms. The van der Waals surface area contributed by atoms with Gasteiger partial charge in [0.25, 0.3) is 0 Å². The highest BCUT2D eigenvalue weighted by molar-refractivity contribution is 7.89. The average Bonchev–Trinajstić information content (AvgIpc) is 3.01. The second-order valence-electron chi connectivity index (χ2n) is 6.83. The Morgan fingerprint density at radius 1 is 1.32 bits per heavy atom. The van der Waals surface area contributed by atoms with Gasteiger partial charge < -0.3 is 14.8 Å². The largest absolute Gasteiger partial charge is 0.481 e. The Morgan fingerprint density at radius 3 is 2.68 bits per heavy atom.